The van der Waals surface area contributed by atoms with Crippen LogP contribution in [0.15, 0.2) is 30.7 Å². The van der Waals surface area contributed by atoms with Gasteiger partial charge >= 0.3 is 0 Å². The minimum absolute atomic E-state index is 0.0368. The normalized spacial score (nSPS) is 15.1. The molecule has 3 rings (SSSR count). The van der Waals surface area contributed by atoms with E-state index in [0.29, 0.717) is 11.7 Å². The first-order chi connectivity index (χ1) is 10.0. The minimum Gasteiger partial charge on any atom is -0.748 e. The van der Waals surface area contributed by atoms with Crippen molar-refractivity contribution in [3.63, 3.8) is 0 Å². The largest absolute Gasteiger partial charge is 0.748 e. The lowest BCUT2D eigenvalue weighted by atomic mass is 10.2. The molecule has 2 aromatic rings. The lowest BCUT2D eigenvalue weighted by molar-refractivity contribution is -0.750. The zero-order chi connectivity index (χ0) is 14.9. The topological polar surface area (TPSA) is 99.8 Å². The number of nitrogens with zero attached hydrogens (tertiary/aromatic N) is 4. The summed E-state index contributed by atoms with van der Waals surface area (Å²) < 4.78 is 33.2. The van der Waals surface area contributed by atoms with Crippen LogP contribution in [-0.4, -0.2) is 33.8 Å². The van der Waals surface area contributed by atoms with Gasteiger partial charge in [0.25, 0.3) is 0 Å². The highest BCUT2D eigenvalue weighted by molar-refractivity contribution is 7.85. The van der Waals surface area contributed by atoms with E-state index < -0.39 is 15.9 Å². The molecular weight excluding hydrogens is 292 g/mol. The van der Waals surface area contributed by atoms with E-state index in [1.807, 2.05) is 6.07 Å². The standard InChI is InChI=1S/C13H14N4O3S/c18-21(19,20)8-7-17-6-4-11(9-15-17)13-14-5-3-12(16-13)10-1-2-10/h3-6,9-10H,1-2,7-8H2. The molecule has 0 atom stereocenters. The number of hydrogen-bond donors (Lipinski definition) is 0. The number of aromatic nitrogens is 4. The molecule has 2 heterocycles. The van der Waals surface area contributed by atoms with Gasteiger partial charge in [-0.1, -0.05) is 4.68 Å². The quantitative estimate of drug-likeness (QED) is 0.580. The van der Waals surface area contributed by atoms with Crippen LogP contribution >= 0.6 is 0 Å². The Morgan fingerprint density at radius 1 is 1.33 bits per heavy atom. The van der Waals surface area contributed by atoms with Gasteiger partial charge in [0.1, 0.15) is 16.3 Å². The Balaban J connectivity index is 1.75. The average Bonchev–Trinajstić information content (AvgIpc) is 3.30. The van der Waals surface area contributed by atoms with Gasteiger partial charge < -0.3 is 4.55 Å². The van der Waals surface area contributed by atoms with E-state index in [1.165, 1.54) is 17.5 Å². The first-order valence-corrected chi connectivity index (χ1v) is 8.22. The fourth-order valence-electron chi connectivity index (χ4n) is 1.97. The maximum Gasteiger partial charge on any atom is 0.197 e. The molecular formula is C13H14N4O3S. The van der Waals surface area contributed by atoms with Crippen molar-refractivity contribution in [1.29, 1.82) is 0 Å². The third-order valence-electron chi connectivity index (χ3n) is 3.27. The van der Waals surface area contributed by atoms with Gasteiger partial charge in [-0.05, 0) is 24.0 Å². The Kier molecular flexibility index (Phi) is 3.64. The molecule has 110 valence electrons. The second kappa shape index (κ2) is 5.45. The molecule has 7 nitrogen and oxygen atoms in total. The van der Waals surface area contributed by atoms with Crippen molar-refractivity contribution in [3.05, 3.63) is 36.4 Å². The molecule has 0 aromatic carbocycles. The fraction of sp³-hybridized carbons (Fsp3) is 0.385. The highest BCUT2D eigenvalue weighted by atomic mass is 32.2. The Morgan fingerprint density at radius 3 is 2.76 bits per heavy atom. The van der Waals surface area contributed by atoms with Crippen LogP contribution in [-0.2, 0) is 16.7 Å². The highest BCUT2D eigenvalue weighted by Crippen LogP contribution is 2.39. The van der Waals surface area contributed by atoms with Gasteiger partial charge in [-0.3, -0.25) is 0 Å². The predicted molar refractivity (Wildman–Crippen MR) is 72.0 cm³/mol. The summed E-state index contributed by atoms with van der Waals surface area (Å²) in [6.07, 6.45) is 7.28. The predicted octanol–water partition coefficient (Wildman–Crippen LogP) is 0.249. The molecule has 0 spiro atoms. The molecule has 1 saturated carbocycles. The van der Waals surface area contributed by atoms with E-state index in [4.69, 9.17) is 0 Å². The smallest absolute Gasteiger partial charge is 0.197 e. The van der Waals surface area contributed by atoms with Crippen molar-refractivity contribution in [1.82, 2.24) is 15.1 Å². The molecule has 0 saturated heterocycles. The molecule has 0 aliphatic heterocycles. The van der Waals surface area contributed by atoms with Crippen LogP contribution in [0.1, 0.15) is 24.5 Å². The van der Waals surface area contributed by atoms with Crippen molar-refractivity contribution in [2.45, 2.75) is 25.3 Å². The van der Waals surface area contributed by atoms with Gasteiger partial charge in [0.05, 0.1) is 5.75 Å². The first kappa shape index (κ1) is 14.0. The zero-order valence-electron chi connectivity index (χ0n) is 11.2. The van der Waals surface area contributed by atoms with E-state index in [-0.39, 0.29) is 6.54 Å². The Labute approximate surface area is 122 Å². The monoisotopic (exact) mass is 306 g/mol. The molecule has 1 aliphatic rings. The van der Waals surface area contributed by atoms with Gasteiger partial charge in [0.15, 0.2) is 18.6 Å². The minimum atomic E-state index is -4.23. The van der Waals surface area contributed by atoms with E-state index in [9.17, 15) is 13.0 Å². The van der Waals surface area contributed by atoms with Crippen LogP contribution in [0.2, 0.25) is 0 Å². The molecule has 8 heteroatoms. The number of hydrogen-bond acceptors (Lipinski definition) is 6. The SMILES string of the molecule is O=S(=O)([O-])CC[n+]1ccc(-c2nccc(C3CC3)n2)cn1. The summed E-state index contributed by atoms with van der Waals surface area (Å²) >= 11 is 0. The van der Waals surface area contributed by atoms with Crippen molar-refractivity contribution in [3.8, 4) is 11.4 Å². The maximum absolute atomic E-state index is 10.6. The Hall–Kier alpha value is -1.93. The lowest BCUT2D eigenvalue weighted by Crippen LogP contribution is -2.40. The van der Waals surface area contributed by atoms with Gasteiger partial charge in [0.2, 0.25) is 0 Å². The summed E-state index contributed by atoms with van der Waals surface area (Å²) in [6, 6.07) is 3.69. The molecule has 0 N–H and O–H groups in total. The number of rotatable bonds is 5. The van der Waals surface area contributed by atoms with Crippen molar-refractivity contribution < 1.29 is 17.7 Å². The van der Waals surface area contributed by atoms with Gasteiger partial charge in [0, 0.05) is 29.4 Å². The molecule has 1 aliphatic carbocycles. The molecule has 2 aromatic heterocycles. The highest BCUT2D eigenvalue weighted by Gasteiger charge is 2.25. The van der Waals surface area contributed by atoms with E-state index in [0.717, 1.165) is 11.3 Å². The van der Waals surface area contributed by atoms with Crippen LogP contribution in [0, 0.1) is 0 Å². The third-order valence-corrected chi connectivity index (χ3v) is 3.96. The van der Waals surface area contributed by atoms with Gasteiger partial charge in [-0.25, -0.2) is 18.4 Å². The van der Waals surface area contributed by atoms with Crippen LogP contribution in [0.25, 0.3) is 11.4 Å². The summed E-state index contributed by atoms with van der Waals surface area (Å²) in [6.45, 7) is 0.0368. The zero-order valence-corrected chi connectivity index (χ0v) is 12.0. The summed E-state index contributed by atoms with van der Waals surface area (Å²) in [4.78, 5) is 8.74. The Morgan fingerprint density at radius 2 is 2.14 bits per heavy atom. The molecule has 0 unspecified atom stereocenters. The van der Waals surface area contributed by atoms with Gasteiger partial charge in [-0.2, -0.15) is 0 Å². The summed E-state index contributed by atoms with van der Waals surface area (Å²) in [5, 5.41) is 4.08. The van der Waals surface area contributed by atoms with Gasteiger partial charge in [-0.15, -0.1) is 0 Å². The third kappa shape index (κ3) is 3.79. The molecule has 1 fully saturated rings. The van der Waals surface area contributed by atoms with E-state index >= 15 is 0 Å². The lowest BCUT2D eigenvalue weighted by Gasteiger charge is -2.03. The average molecular weight is 306 g/mol. The van der Waals surface area contributed by atoms with E-state index in [1.54, 1.807) is 24.7 Å². The first-order valence-electron chi connectivity index (χ1n) is 6.64. The fourth-order valence-corrected chi connectivity index (χ4v) is 2.38. The van der Waals surface area contributed by atoms with Crippen LogP contribution in [0.3, 0.4) is 0 Å². The van der Waals surface area contributed by atoms with Crippen LogP contribution in [0.4, 0.5) is 0 Å². The van der Waals surface area contributed by atoms with E-state index in [2.05, 4.69) is 15.1 Å². The molecule has 0 radical (unpaired) electrons. The molecule has 0 amide bonds. The maximum atomic E-state index is 10.6. The van der Waals surface area contributed by atoms with Crippen LogP contribution < -0.4 is 4.68 Å². The summed E-state index contributed by atoms with van der Waals surface area (Å²) in [7, 11) is -4.23. The Bertz CT molecular complexity index is 742. The second-order valence-electron chi connectivity index (χ2n) is 5.02. The number of aryl methyl sites for hydroxylation is 1. The van der Waals surface area contributed by atoms with Crippen LogP contribution in [0.5, 0.6) is 0 Å². The second-order valence-corrected chi connectivity index (χ2v) is 6.54. The van der Waals surface area contributed by atoms with Crippen molar-refractivity contribution in [2.75, 3.05) is 5.75 Å². The summed E-state index contributed by atoms with van der Waals surface area (Å²) in [5.74, 6) is 0.684. The summed E-state index contributed by atoms with van der Waals surface area (Å²) in [5.41, 5.74) is 1.81. The molecule has 0 bridgehead atoms. The molecule has 21 heavy (non-hydrogen) atoms. The van der Waals surface area contributed by atoms with Crippen molar-refractivity contribution in [2.24, 2.45) is 0 Å². The van der Waals surface area contributed by atoms with Crippen molar-refractivity contribution >= 4 is 10.1 Å².